The molecule has 4 rings (SSSR count). The smallest absolute Gasteiger partial charge is 0.151 e. The van der Waals surface area contributed by atoms with E-state index in [1.54, 1.807) is 24.7 Å². The molecule has 0 amide bonds. The third-order valence-corrected chi connectivity index (χ3v) is 6.47. The Labute approximate surface area is 222 Å². The molecule has 1 fully saturated rings. The number of aromatic nitrogens is 3. The van der Waals surface area contributed by atoms with Crippen molar-refractivity contribution in [1.82, 2.24) is 19.7 Å². The number of Topliss-reactive ketones (excluding diaryl/α,β-unsaturated/α-hetero) is 1. The first-order valence-electron chi connectivity index (χ1n) is 13.7. The summed E-state index contributed by atoms with van der Waals surface area (Å²) in [5.41, 5.74) is 5.56. The van der Waals surface area contributed by atoms with Crippen LogP contribution in [0.15, 0.2) is 30.6 Å². The van der Waals surface area contributed by atoms with Crippen molar-refractivity contribution in [2.45, 2.75) is 73.1 Å². The Morgan fingerprint density at radius 3 is 2.24 bits per heavy atom. The van der Waals surface area contributed by atoms with Gasteiger partial charge in [0.2, 0.25) is 0 Å². The highest BCUT2D eigenvalue weighted by molar-refractivity contribution is 5.79. The summed E-state index contributed by atoms with van der Waals surface area (Å²) in [5.74, 6) is 0.0732. The van der Waals surface area contributed by atoms with Crippen LogP contribution in [-0.2, 0) is 24.7 Å². The van der Waals surface area contributed by atoms with Crippen molar-refractivity contribution >= 4 is 22.4 Å². The Morgan fingerprint density at radius 1 is 1.00 bits per heavy atom. The molecule has 0 aliphatic carbocycles. The number of hydrogen-bond acceptors (Lipinski definition) is 5. The first-order chi connectivity index (χ1) is 17.7. The standard InChI is InChI=1S/C14H23N3.C11H13FN2.C5H10O/c1-4-5-13-12(2)15-7-6-14(13)17-10-8-16(3)9-11-17;1-3-4-8-5-9-7-14(2)13-11(9)10(12)6-8;1-3-4-5(2)6/h6-7H,4-5,8-11H2,1-3H3;5-7H,3-4H2,1-2H3;3-4H2,1-2H3. The third kappa shape index (κ3) is 9.54. The summed E-state index contributed by atoms with van der Waals surface area (Å²) < 4.78 is 15.1. The van der Waals surface area contributed by atoms with Crippen LogP contribution in [0.2, 0.25) is 0 Å². The van der Waals surface area contributed by atoms with Crippen LogP contribution >= 0.6 is 0 Å². The van der Waals surface area contributed by atoms with Gasteiger partial charge in [-0.05, 0) is 69.5 Å². The van der Waals surface area contributed by atoms with Gasteiger partial charge in [-0.1, -0.05) is 33.6 Å². The Morgan fingerprint density at radius 2 is 1.68 bits per heavy atom. The van der Waals surface area contributed by atoms with Crippen molar-refractivity contribution in [3.05, 3.63) is 53.2 Å². The third-order valence-electron chi connectivity index (χ3n) is 6.47. The van der Waals surface area contributed by atoms with Crippen LogP contribution in [0, 0.1) is 12.7 Å². The highest BCUT2D eigenvalue weighted by Gasteiger charge is 2.17. The van der Waals surface area contributed by atoms with Crippen molar-refractivity contribution in [2.75, 3.05) is 38.1 Å². The van der Waals surface area contributed by atoms with Crippen LogP contribution in [0.25, 0.3) is 10.9 Å². The number of ketones is 1. The lowest BCUT2D eigenvalue weighted by molar-refractivity contribution is -0.117. The maximum absolute atomic E-state index is 13.5. The second-order valence-corrected chi connectivity index (χ2v) is 9.95. The van der Waals surface area contributed by atoms with E-state index in [-0.39, 0.29) is 11.6 Å². The van der Waals surface area contributed by atoms with Gasteiger partial charge in [0, 0.05) is 68.8 Å². The van der Waals surface area contributed by atoms with Gasteiger partial charge in [0.05, 0.1) is 0 Å². The number of benzene rings is 1. The normalized spacial score (nSPS) is 13.6. The van der Waals surface area contributed by atoms with Crippen LogP contribution in [-0.4, -0.2) is 58.7 Å². The summed E-state index contributed by atoms with van der Waals surface area (Å²) in [4.78, 5) is 19.4. The number of carbonyl (C=O) groups excluding carboxylic acids is 1. The van der Waals surface area contributed by atoms with E-state index in [9.17, 15) is 9.18 Å². The molecular weight excluding hydrogens is 465 g/mol. The molecular formula is C30H46FN5O. The van der Waals surface area contributed by atoms with Gasteiger partial charge in [0.1, 0.15) is 11.3 Å². The number of anilines is 1. The average molecular weight is 512 g/mol. The van der Waals surface area contributed by atoms with Gasteiger partial charge in [-0.2, -0.15) is 5.10 Å². The Balaban J connectivity index is 0.000000217. The van der Waals surface area contributed by atoms with Crippen LogP contribution in [0.3, 0.4) is 0 Å². The van der Waals surface area contributed by atoms with Crippen molar-refractivity contribution in [2.24, 2.45) is 7.05 Å². The van der Waals surface area contributed by atoms with Gasteiger partial charge in [-0.15, -0.1) is 0 Å². The maximum Gasteiger partial charge on any atom is 0.151 e. The van der Waals surface area contributed by atoms with E-state index in [1.807, 2.05) is 25.4 Å². The number of rotatable bonds is 7. The molecule has 204 valence electrons. The second kappa shape index (κ2) is 15.5. The number of pyridine rings is 1. The van der Waals surface area contributed by atoms with E-state index in [0.717, 1.165) is 69.2 Å². The van der Waals surface area contributed by atoms with Gasteiger partial charge >= 0.3 is 0 Å². The van der Waals surface area contributed by atoms with Gasteiger partial charge in [0.15, 0.2) is 5.82 Å². The van der Waals surface area contributed by atoms with E-state index < -0.39 is 0 Å². The monoisotopic (exact) mass is 511 g/mol. The minimum absolute atomic E-state index is 0.216. The summed E-state index contributed by atoms with van der Waals surface area (Å²) in [7, 11) is 4.00. The zero-order valence-electron chi connectivity index (χ0n) is 24.0. The molecule has 2 aromatic heterocycles. The van der Waals surface area contributed by atoms with Gasteiger partial charge < -0.3 is 14.6 Å². The highest BCUT2D eigenvalue weighted by Crippen LogP contribution is 2.24. The predicted octanol–water partition coefficient (Wildman–Crippen LogP) is 6.13. The molecule has 0 saturated carbocycles. The fourth-order valence-corrected chi connectivity index (χ4v) is 4.54. The van der Waals surface area contributed by atoms with Crippen LogP contribution < -0.4 is 4.90 Å². The molecule has 0 atom stereocenters. The van der Waals surface area contributed by atoms with Crippen molar-refractivity contribution in [3.8, 4) is 0 Å². The van der Waals surface area contributed by atoms with E-state index in [4.69, 9.17) is 0 Å². The van der Waals surface area contributed by atoms with E-state index in [1.165, 1.54) is 23.4 Å². The quantitative estimate of drug-likeness (QED) is 0.382. The number of likely N-dealkylation sites (N-methyl/N-ethyl adjacent to an activating group) is 1. The Kier molecular flexibility index (Phi) is 12.7. The molecule has 0 bridgehead atoms. The van der Waals surface area contributed by atoms with Gasteiger partial charge in [-0.25, -0.2) is 4.39 Å². The van der Waals surface area contributed by atoms with Crippen LogP contribution in [0.1, 0.15) is 70.2 Å². The summed E-state index contributed by atoms with van der Waals surface area (Å²) >= 11 is 0. The first-order valence-corrected chi connectivity index (χ1v) is 13.7. The fourth-order valence-electron chi connectivity index (χ4n) is 4.54. The van der Waals surface area contributed by atoms with E-state index in [0.29, 0.717) is 5.52 Å². The lowest BCUT2D eigenvalue weighted by atomic mass is 10.1. The molecule has 1 aliphatic rings. The minimum Gasteiger partial charge on any atom is -0.369 e. The number of hydrogen-bond donors (Lipinski definition) is 0. The molecule has 0 spiro atoms. The number of halogens is 1. The summed E-state index contributed by atoms with van der Waals surface area (Å²) in [6, 6.07) is 5.77. The number of nitrogens with zero attached hydrogens (tertiary/aromatic N) is 5. The second-order valence-electron chi connectivity index (χ2n) is 9.95. The molecule has 6 nitrogen and oxygen atoms in total. The molecule has 0 unspecified atom stereocenters. The molecule has 3 aromatic rings. The molecule has 3 heterocycles. The lowest BCUT2D eigenvalue weighted by Gasteiger charge is -2.35. The number of carbonyl (C=O) groups is 1. The Hall–Kier alpha value is -2.80. The van der Waals surface area contributed by atoms with E-state index in [2.05, 4.69) is 53.8 Å². The molecule has 0 N–H and O–H groups in total. The lowest BCUT2D eigenvalue weighted by Crippen LogP contribution is -2.44. The predicted molar refractivity (Wildman–Crippen MR) is 153 cm³/mol. The summed E-state index contributed by atoms with van der Waals surface area (Å²) in [6.07, 6.45) is 9.79. The van der Waals surface area contributed by atoms with Gasteiger partial charge in [-0.3, -0.25) is 9.67 Å². The minimum atomic E-state index is -0.216. The highest BCUT2D eigenvalue weighted by atomic mass is 19.1. The molecule has 37 heavy (non-hydrogen) atoms. The Bertz CT molecular complexity index is 1120. The SMILES string of the molecule is CCCC(C)=O.CCCc1c(N2CCN(C)CC2)ccnc1C.CCCc1cc(F)c2nn(C)cc2c1. The molecule has 0 radical (unpaired) electrons. The van der Waals surface area contributed by atoms with Crippen LogP contribution in [0.4, 0.5) is 10.1 Å². The van der Waals surface area contributed by atoms with Gasteiger partial charge in [0.25, 0.3) is 0 Å². The summed E-state index contributed by atoms with van der Waals surface area (Å²) in [5, 5.41) is 4.94. The maximum atomic E-state index is 13.5. The first kappa shape index (κ1) is 30.4. The van der Waals surface area contributed by atoms with Crippen molar-refractivity contribution in [3.63, 3.8) is 0 Å². The topological polar surface area (TPSA) is 54.3 Å². The molecule has 1 aliphatic heterocycles. The van der Waals surface area contributed by atoms with E-state index >= 15 is 0 Å². The van der Waals surface area contributed by atoms with Crippen LogP contribution in [0.5, 0.6) is 0 Å². The molecule has 1 aromatic carbocycles. The van der Waals surface area contributed by atoms with Crippen molar-refractivity contribution < 1.29 is 9.18 Å². The van der Waals surface area contributed by atoms with Crippen molar-refractivity contribution in [1.29, 1.82) is 0 Å². The zero-order chi connectivity index (χ0) is 27.4. The molecule has 1 saturated heterocycles. The number of piperazine rings is 1. The summed E-state index contributed by atoms with van der Waals surface area (Å²) in [6.45, 7) is 14.7. The largest absolute Gasteiger partial charge is 0.369 e. The number of fused-ring (bicyclic) bond motifs is 1. The average Bonchev–Trinajstić information content (AvgIpc) is 3.23. The molecule has 7 heteroatoms. The number of aryl methyl sites for hydroxylation is 3. The zero-order valence-corrected chi connectivity index (χ0v) is 24.0. The fraction of sp³-hybridized carbons (Fsp3) is 0.567.